The van der Waals surface area contributed by atoms with Gasteiger partial charge in [0, 0.05) is 6.20 Å². The number of primary amides is 1. The predicted molar refractivity (Wildman–Crippen MR) is 74.2 cm³/mol. The van der Waals surface area contributed by atoms with Crippen molar-refractivity contribution >= 4 is 28.4 Å². The number of rotatable bonds is 4. The molecule has 0 saturated carbocycles. The van der Waals surface area contributed by atoms with Gasteiger partial charge in [0.2, 0.25) is 5.91 Å². The molecular formula is C13H12N6O. The van der Waals surface area contributed by atoms with E-state index in [0.29, 0.717) is 5.82 Å². The van der Waals surface area contributed by atoms with Crippen LogP contribution in [0.25, 0.3) is 11.0 Å². The Bertz CT molecular complexity index is 766. The van der Waals surface area contributed by atoms with E-state index in [1.165, 1.54) is 4.68 Å². The molecule has 1 aromatic carbocycles. The molecule has 0 aliphatic rings. The normalized spacial score (nSPS) is 10.6. The van der Waals surface area contributed by atoms with Crippen LogP contribution in [0.1, 0.15) is 0 Å². The van der Waals surface area contributed by atoms with E-state index < -0.39 is 5.91 Å². The smallest absolute Gasteiger partial charge is 0.239 e. The number of para-hydroxylation sites is 2. The summed E-state index contributed by atoms with van der Waals surface area (Å²) < 4.78 is 1.46. The van der Waals surface area contributed by atoms with Crippen molar-refractivity contribution in [3.05, 3.63) is 42.9 Å². The maximum absolute atomic E-state index is 10.8. The van der Waals surface area contributed by atoms with Crippen molar-refractivity contribution in [2.45, 2.75) is 6.54 Å². The van der Waals surface area contributed by atoms with Crippen LogP contribution in [0.15, 0.2) is 42.9 Å². The third-order valence-electron chi connectivity index (χ3n) is 2.67. The topological polar surface area (TPSA) is 98.7 Å². The molecule has 100 valence electrons. The van der Waals surface area contributed by atoms with E-state index in [0.717, 1.165) is 16.7 Å². The minimum absolute atomic E-state index is 0.0467. The van der Waals surface area contributed by atoms with Crippen LogP contribution in [0.3, 0.4) is 0 Å². The number of nitrogens with one attached hydrogen (secondary N) is 1. The lowest BCUT2D eigenvalue weighted by Crippen LogP contribution is -2.18. The van der Waals surface area contributed by atoms with Crippen LogP contribution in [0.2, 0.25) is 0 Å². The summed E-state index contributed by atoms with van der Waals surface area (Å²) in [5, 5.41) is 7.10. The van der Waals surface area contributed by atoms with Crippen LogP contribution in [0.4, 0.5) is 11.5 Å². The zero-order chi connectivity index (χ0) is 13.9. The number of aromatic nitrogens is 4. The van der Waals surface area contributed by atoms with Crippen molar-refractivity contribution in [3.8, 4) is 0 Å². The zero-order valence-corrected chi connectivity index (χ0v) is 10.5. The first-order valence-corrected chi connectivity index (χ1v) is 6.00. The Hall–Kier alpha value is -2.96. The Balaban J connectivity index is 1.81. The average molecular weight is 268 g/mol. The van der Waals surface area contributed by atoms with Gasteiger partial charge < -0.3 is 11.1 Å². The monoisotopic (exact) mass is 268 g/mol. The lowest BCUT2D eigenvalue weighted by Gasteiger charge is -2.03. The molecule has 0 atom stereocenters. The van der Waals surface area contributed by atoms with E-state index in [-0.39, 0.29) is 6.54 Å². The molecule has 20 heavy (non-hydrogen) atoms. The molecule has 7 nitrogen and oxygen atoms in total. The number of nitrogens with two attached hydrogens (primary N) is 1. The van der Waals surface area contributed by atoms with E-state index in [9.17, 15) is 4.79 Å². The molecule has 0 aliphatic heterocycles. The largest absolute Gasteiger partial charge is 0.368 e. The molecule has 7 heteroatoms. The molecule has 3 rings (SSSR count). The minimum atomic E-state index is -0.440. The van der Waals surface area contributed by atoms with Gasteiger partial charge in [0.15, 0.2) is 0 Å². The summed E-state index contributed by atoms with van der Waals surface area (Å²) in [6.07, 6.45) is 4.93. The van der Waals surface area contributed by atoms with E-state index >= 15 is 0 Å². The molecule has 3 aromatic rings. The highest BCUT2D eigenvalue weighted by Gasteiger charge is 2.03. The lowest BCUT2D eigenvalue weighted by atomic mass is 10.3. The average Bonchev–Trinajstić information content (AvgIpc) is 2.85. The molecule has 0 spiro atoms. The molecule has 2 aromatic heterocycles. The van der Waals surface area contributed by atoms with Crippen LogP contribution >= 0.6 is 0 Å². The van der Waals surface area contributed by atoms with Crippen molar-refractivity contribution < 1.29 is 4.79 Å². The Labute approximate surface area is 114 Å². The number of anilines is 2. The number of amides is 1. The number of carbonyl (C=O) groups excluding carboxylic acids is 1. The fourth-order valence-corrected chi connectivity index (χ4v) is 1.84. The summed E-state index contributed by atoms with van der Waals surface area (Å²) >= 11 is 0. The summed E-state index contributed by atoms with van der Waals surface area (Å²) in [5.74, 6) is 0.174. The molecule has 2 heterocycles. The third kappa shape index (κ3) is 2.56. The summed E-state index contributed by atoms with van der Waals surface area (Å²) in [7, 11) is 0. The first kappa shape index (κ1) is 12.1. The van der Waals surface area contributed by atoms with Crippen LogP contribution < -0.4 is 11.1 Å². The van der Waals surface area contributed by atoms with Crippen molar-refractivity contribution in [2.24, 2.45) is 5.73 Å². The number of benzene rings is 1. The SMILES string of the molecule is NC(=O)Cn1cc(Nc2cnc3ccccc3n2)cn1. The van der Waals surface area contributed by atoms with Crippen LogP contribution in [-0.2, 0) is 11.3 Å². The number of carbonyl (C=O) groups is 1. The summed E-state index contributed by atoms with van der Waals surface area (Å²) in [4.78, 5) is 19.5. The number of hydrogen-bond acceptors (Lipinski definition) is 5. The van der Waals surface area contributed by atoms with Gasteiger partial charge in [-0.1, -0.05) is 12.1 Å². The first-order valence-electron chi connectivity index (χ1n) is 6.00. The summed E-state index contributed by atoms with van der Waals surface area (Å²) in [6, 6.07) is 7.62. The van der Waals surface area contributed by atoms with Gasteiger partial charge in [-0.05, 0) is 12.1 Å². The van der Waals surface area contributed by atoms with Crippen LogP contribution in [0, 0.1) is 0 Å². The second-order valence-electron chi connectivity index (χ2n) is 4.26. The Morgan fingerprint density at radius 3 is 2.85 bits per heavy atom. The van der Waals surface area contributed by atoms with Crippen molar-refractivity contribution in [2.75, 3.05) is 5.32 Å². The van der Waals surface area contributed by atoms with E-state index in [1.54, 1.807) is 18.6 Å². The van der Waals surface area contributed by atoms with Gasteiger partial charge >= 0.3 is 0 Å². The molecule has 0 bridgehead atoms. The highest BCUT2D eigenvalue weighted by molar-refractivity contribution is 5.76. The molecule has 1 amide bonds. The lowest BCUT2D eigenvalue weighted by molar-refractivity contribution is -0.118. The molecule has 3 N–H and O–H groups in total. The van der Waals surface area contributed by atoms with Gasteiger partial charge in [0.25, 0.3) is 0 Å². The third-order valence-corrected chi connectivity index (χ3v) is 2.67. The molecular weight excluding hydrogens is 256 g/mol. The van der Waals surface area contributed by atoms with Crippen LogP contribution in [-0.4, -0.2) is 25.7 Å². The van der Waals surface area contributed by atoms with E-state index in [4.69, 9.17) is 5.73 Å². The van der Waals surface area contributed by atoms with Crippen molar-refractivity contribution in [1.82, 2.24) is 19.7 Å². The second-order valence-corrected chi connectivity index (χ2v) is 4.26. The summed E-state index contributed by atoms with van der Waals surface area (Å²) in [5.41, 5.74) is 7.47. The Morgan fingerprint density at radius 1 is 1.25 bits per heavy atom. The standard InChI is InChI=1S/C13H12N6O/c14-12(20)8-19-7-9(5-16-19)17-13-6-15-10-3-1-2-4-11(10)18-13/h1-7H,8H2,(H2,14,20)(H,17,18). The fourth-order valence-electron chi connectivity index (χ4n) is 1.84. The molecule has 0 aliphatic carbocycles. The van der Waals surface area contributed by atoms with Gasteiger partial charge in [0.1, 0.15) is 12.4 Å². The van der Waals surface area contributed by atoms with E-state index in [2.05, 4.69) is 20.4 Å². The second kappa shape index (κ2) is 4.96. The predicted octanol–water partition coefficient (Wildman–Crippen LogP) is 1.06. The minimum Gasteiger partial charge on any atom is -0.368 e. The van der Waals surface area contributed by atoms with Gasteiger partial charge in [0.05, 0.1) is 29.1 Å². The van der Waals surface area contributed by atoms with Gasteiger partial charge in [-0.3, -0.25) is 14.5 Å². The number of hydrogen-bond donors (Lipinski definition) is 2. The van der Waals surface area contributed by atoms with Crippen molar-refractivity contribution in [3.63, 3.8) is 0 Å². The first-order chi connectivity index (χ1) is 9.70. The number of nitrogens with zero attached hydrogens (tertiary/aromatic N) is 4. The van der Waals surface area contributed by atoms with Gasteiger partial charge in [-0.2, -0.15) is 5.10 Å². The maximum atomic E-state index is 10.8. The molecule has 0 unspecified atom stereocenters. The molecule has 0 radical (unpaired) electrons. The molecule has 0 fully saturated rings. The van der Waals surface area contributed by atoms with Crippen molar-refractivity contribution in [1.29, 1.82) is 0 Å². The Morgan fingerprint density at radius 2 is 2.05 bits per heavy atom. The van der Waals surface area contributed by atoms with Gasteiger partial charge in [-0.15, -0.1) is 0 Å². The number of fused-ring (bicyclic) bond motifs is 1. The van der Waals surface area contributed by atoms with Gasteiger partial charge in [-0.25, -0.2) is 4.98 Å². The fraction of sp³-hybridized carbons (Fsp3) is 0.0769. The highest BCUT2D eigenvalue weighted by Crippen LogP contribution is 2.16. The van der Waals surface area contributed by atoms with Crippen LogP contribution in [0.5, 0.6) is 0 Å². The zero-order valence-electron chi connectivity index (χ0n) is 10.5. The summed E-state index contributed by atoms with van der Waals surface area (Å²) in [6.45, 7) is 0.0467. The van der Waals surface area contributed by atoms with E-state index in [1.807, 2.05) is 24.3 Å². The highest BCUT2D eigenvalue weighted by atomic mass is 16.1. The Kier molecular flexibility index (Phi) is 3.00. The quantitative estimate of drug-likeness (QED) is 0.737. The molecule has 0 saturated heterocycles. The maximum Gasteiger partial charge on any atom is 0.239 e.